The summed E-state index contributed by atoms with van der Waals surface area (Å²) in [5.41, 5.74) is 1.47. The van der Waals surface area contributed by atoms with Gasteiger partial charge in [0.05, 0.1) is 11.8 Å². The first-order valence-electron chi connectivity index (χ1n) is 4.93. The van der Waals surface area contributed by atoms with E-state index in [1.807, 2.05) is 6.07 Å². The monoisotopic (exact) mass is 307 g/mol. The third kappa shape index (κ3) is 1.66. The molecule has 7 nitrogen and oxygen atoms in total. The fourth-order valence-corrected chi connectivity index (χ4v) is 1.95. The SMILES string of the molecule is O=C(O)c1[nH]cnc1-c1nc2ncc(Br)cc2[nH]1. The van der Waals surface area contributed by atoms with Crippen molar-refractivity contribution in [3.8, 4) is 11.5 Å². The van der Waals surface area contributed by atoms with Crippen LogP contribution in [0.1, 0.15) is 10.5 Å². The molecular formula is C10H6BrN5O2. The molecule has 3 aromatic heterocycles. The molecule has 0 saturated heterocycles. The number of rotatable bonds is 2. The number of halogens is 1. The zero-order valence-electron chi connectivity index (χ0n) is 8.81. The first-order valence-corrected chi connectivity index (χ1v) is 5.73. The van der Waals surface area contributed by atoms with Crippen LogP contribution in [-0.2, 0) is 0 Å². The molecule has 0 aliphatic rings. The maximum atomic E-state index is 11.0. The summed E-state index contributed by atoms with van der Waals surface area (Å²) in [5.74, 6) is -0.716. The molecule has 0 aliphatic carbocycles. The summed E-state index contributed by atoms with van der Waals surface area (Å²) >= 11 is 3.30. The van der Waals surface area contributed by atoms with E-state index < -0.39 is 5.97 Å². The van der Waals surface area contributed by atoms with E-state index in [0.29, 0.717) is 17.0 Å². The summed E-state index contributed by atoms with van der Waals surface area (Å²) in [7, 11) is 0. The molecular weight excluding hydrogens is 302 g/mol. The Bertz CT molecular complexity index is 748. The van der Waals surface area contributed by atoms with Crippen molar-refractivity contribution in [3.63, 3.8) is 0 Å². The van der Waals surface area contributed by atoms with Crippen LogP contribution >= 0.6 is 15.9 Å². The highest BCUT2D eigenvalue weighted by Crippen LogP contribution is 2.22. The van der Waals surface area contributed by atoms with Crippen molar-refractivity contribution in [3.05, 3.63) is 28.8 Å². The predicted molar refractivity (Wildman–Crippen MR) is 66.1 cm³/mol. The van der Waals surface area contributed by atoms with Gasteiger partial charge in [0.1, 0.15) is 5.69 Å². The highest BCUT2D eigenvalue weighted by molar-refractivity contribution is 9.10. The Hall–Kier alpha value is -2.22. The fraction of sp³-hybridized carbons (Fsp3) is 0. The maximum Gasteiger partial charge on any atom is 0.354 e. The van der Waals surface area contributed by atoms with Crippen molar-refractivity contribution in [1.29, 1.82) is 0 Å². The molecule has 0 radical (unpaired) electrons. The minimum absolute atomic E-state index is 0.00637. The molecule has 90 valence electrons. The zero-order chi connectivity index (χ0) is 12.7. The Morgan fingerprint density at radius 1 is 1.39 bits per heavy atom. The van der Waals surface area contributed by atoms with E-state index in [1.165, 1.54) is 6.33 Å². The standard InChI is InChI=1S/C10H6BrN5O2/c11-4-1-5-8(12-2-4)16-9(15-5)6-7(10(17)18)14-3-13-6/h1-3H,(H,13,14)(H,17,18)(H,12,15,16). The molecule has 8 heteroatoms. The molecule has 3 N–H and O–H groups in total. The number of fused-ring (bicyclic) bond motifs is 1. The summed E-state index contributed by atoms with van der Waals surface area (Å²) in [6.45, 7) is 0. The molecule has 0 amide bonds. The number of carboxylic acid groups (broad SMARTS) is 1. The van der Waals surface area contributed by atoms with Crippen LogP contribution in [0.2, 0.25) is 0 Å². The molecule has 3 heterocycles. The smallest absolute Gasteiger partial charge is 0.354 e. The molecule has 0 saturated carbocycles. The molecule has 0 fully saturated rings. The van der Waals surface area contributed by atoms with Crippen molar-refractivity contribution in [2.24, 2.45) is 0 Å². The van der Waals surface area contributed by atoms with Crippen molar-refractivity contribution in [2.75, 3.05) is 0 Å². The van der Waals surface area contributed by atoms with Crippen LogP contribution in [0.5, 0.6) is 0 Å². The van der Waals surface area contributed by atoms with E-state index in [2.05, 4.69) is 40.8 Å². The number of H-pyrrole nitrogens is 2. The van der Waals surface area contributed by atoms with Crippen LogP contribution in [0.25, 0.3) is 22.7 Å². The molecule has 3 rings (SSSR count). The zero-order valence-corrected chi connectivity index (χ0v) is 10.4. The summed E-state index contributed by atoms with van der Waals surface area (Å²) in [6, 6.07) is 1.81. The molecule has 0 aromatic carbocycles. The quantitative estimate of drug-likeness (QED) is 0.669. The fourth-order valence-electron chi connectivity index (χ4n) is 1.62. The Morgan fingerprint density at radius 3 is 3.00 bits per heavy atom. The van der Waals surface area contributed by atoms with Gasteiger partial charge in [0.2, 0.25) is 0 Å². The molecule has 3 aromatic rings. The van der Waals surface area contributed by atoms with E-state index in [4.69, 9.17) is 5.11 Å². The van der Waals surface area contributed by atoms with Gasteiger partial charge in [-0.3, -0.25) is 0 Å². The maximum absolute atomic E-state index is 11.0. The minimum Gasteiger partial charge on any atom is -0.477 e. The van der Waals surface area contributed by atoms with Gasteiger partial charge < -0.3 is 15.1 Å². The van der Waals surface area contributed by atoms with E-state index in [0.717, 1.165) is 4.47 Å². The highest BCUT2D eigenvalue weighted by atomic mass is 79.9. The number of imidazole rings is 2. The van der Waals surface area contributed by atoms with Crippen molar-refractivity contribution in [1.82, 2.24) is 24.9 Å². The Morgan fingerprint density at radius 2 is 2.22 bits per heavy atom. The van der Waals surface area contributed by atoms with Crippen molar-refractivity contribution >= 4 is 33.1 Å². The number of aromatic carboxylic acids is 1. The molecule has 0 unspecified atom stereocenters. The third-order valence-corrected chi connectivity index (χ3v) is 2.82. The van der Waals surface area contributed by atoms with Gasteiger partial charge in [-0.2, -0.15) is 0 Å². The number of carbonyl (C=O) groups is 1. The van der Waals surface area contributed by atoms with Gasteiger partial charge >= 0.3 is 5.97 Å². The first-order chi connectivity index (χ1) is 8.65. The van der Waals surface area contributed by atoms with Gasteiger partial charge in [0.25, 0.3) is 0 Å². The minimum atomic E-state index is -1.09. The summed E-state index contributed by atoms with van der Waals surface area (Å²) < 4.78 is 0.811. The van der Waals surface area contributed by atoms with E-state index in [-0.39, 0.29) is 11.4 Å². The van der Waals surface area contributed by atoms with Crippen molar-refractivity contribution in [2.45, 2.75) is 0 Å². The first kappa shape index (κ1) is 10.9. The third-order valence-electron chi connectivity index (χ3n) is 2.38. The van der Waals surface area contributed by atoms with Crippen LogP contribution in [0.4, 0.5) is 0 Å². The topological polar surface area (TPSA) is 108 Å². The normalized spacial score (nSPS) is 10.9. The van der Waals surface area contributed by atoms with Crippen LogP contribution in [0, 0.1) is 0 Å². The number of hydrogen-bond acceptors (Lipinski definition) is 4. The van der Waals surface area contributed by atoms with Crippen LogP contribution in [-0.4, -0.2) is 36.0 Å². The lowest BCUT2D eigenvalue weighted by atomic mass is 10.3. The van der Waals surface area contributed by atoms with Gasteiger partial charge in [-0.1, -0.05) is 0 Å². The number of pyridine rings is 1. The second kappa shape index (κ2) is 3.91. The predicted octanol–water partition coefficient (Wildman–Crippen LogP) is 1.81. The van der Waals surface area contributed by atoms with Gasteiger partial charge in [-0.05, 0) is 22.0 Å². The van der Waals surface area contributed by atoms with Gasteiger partial charge in [0.15, 0.2) is 17.2 Å². The molecule has 0 aliphatic heterocycles. The number of aromatic nitrogens is 5. The second-order valence-electron chi connectivity index (χ2n) is 3.54. The average molecular weight is 308 g/mol. The van der Waals surface area contributed by atoms with Gasteiger partial charge in [0, 0.05) is 10.7 Å². The lowest BCUT2D eigenvalue weighted by molar-refractivity contribution is 0.0692. The van der Waals surface area contributed by atoms with Crippen LogP contribution < -0.4 is 0 Å². The van der Waals surface area contributed by atoms with Crippen LogP contribution in [0.3, 0.4) is 0 Å². The van der Waals surface area contributed by atoms with E-state index in [1.54, 1.807) is 6.20 Å². The van der Waals surface area contributed by atoms with Crippen LogP contribution in [0.15, 0.2) is 23.1 Å². The number of aromatic amines is 2. The van der Waals surface area contributed by atoms with Gasteiger partial charge in [-0.25, -0.2) is 19.7 Å². The summed E-state index contributed by atoms with van der Waals surface area (Å²) in [5, 5.41) is 9.00. The largest absolute Gasteiger partial charge is 0.477 e. The molecule has 18 heavy (non-hydrogen) atoms. The Balaban J connectivity index is 2.19. The summed E-state index contributed by atoms with van der Waals surface area (Å²) in [4.78, 5) is 28.8. The summed E-state index contributed by atoms with van der Waals surface area (Å²) in [6.07, 6.45) is 2.94. The van der Waals surface area contributed by atoms with E-state index in [9.17, 15) is 4.79 Å². The molecule has 0 bridgehead atoms. The average Bonchev–Trinajstić information content (AvgIpc) is 2.93. The second-order valence-corrected chi connectivity index (χ2v) is 4.46. The number of carboxylic acids is 1. The molecule has 0 atom stereocenters. The number of nitrogens with one attached hydrogen (secondary N) is 2. The highest BCUT2D eigenvalue weighted by Gasteiger charge is 2.17. The lowest BCUT2D eigenvalue weighted by Gasteiger charge is -1.92. The van der Waals surface area contributed by atoms with E-state index >= 15 is 0 Å². The lowest BCUT2D eigenvalue weighted by Crippen LogP contribution is -1.99. The van der Waals surface area contributed by atoms with Gasteiger partial charge in [-0.15, -0.1) is 0 Å². The number of hydrogen-bond donors (Lipinski definition) is 3. The molecule has 0 spiro atoms. The Labute approximate surface area is 108 Å². The number of nitrogens with zero attached hydrogens (tertiary/aromatic N) is 3. The Kier molecular flexibility index (Phi) is 2.37. The van der Waals surface area contributed by atoms with Crippen molar-refractivity contribution < 1.29 is 9.90 Å².